The number of nitrogens with zero attached hydrogens (tertiary/aromatic N) is 1. The molecule has 2 amide bonds. The number of hydrogen-bond acceptors (Lipinski definition) is 3. The van der Waals surface area contributed by atoms with E-state index >= 15 is 0 Å². The largest absolute Gasteiger partial charge is 0.355 e. The first kappa shape index (κ1) is 19.5. The van der Waals surface area contributed by atoms with Crippen LogP contribution in [0.3, 0.4) is 0 Å². The number of anilines is 1. The Hall–Kier alpha value is -1.59. The molecule has 1 atom stereocenters. The lowest BCUT2D eigenvalue weighted by atomic mass is 10.1. The van der Waals surface area contributed by atoms with Gasteiger partial charge in [0, 0.05) is 31.7 Å². The van der Waals surface area contributed by atoms with Gasteiger partial charge in [0.25, 0.3) is 0 Å². The smallest absolute Gasteiger partial charge is 0.227 e. The molecule has 1 aliphatic heterocycles. The summed E-state index contributed by atoms with van der Waals surface area (Å²) >= 11 is 0. The van der Waals surface area contributed by atoms with Gasteiger partial charge in [-0.15, -0.1) is 12.4 Å². The molecule has 6 heteroatoms. The van der Waals surface area contributed by atoms with E-state index in [0.29, 0.717) is 19.5 Å². The molecule has 1 saturated heterocycles. The van der Waals surface area contributed by atoms with Crippen LogP contribution in [0.2, 0.25) is 0 Å². The summed E-state index contributed by atoms with van der Waals surface area (Å²) in [5, 5.41) is 5.84. The van der Waals surface area contributed by atoms with E-state index in [1.54, 1.807) is 4.90 Å². The summed E-state index contributed by atoms with van der Waals surface area (Å²) in [4.78, 5) is 25.9. The van der Waals surface area contributed by atoms with E-state index in [1.807, 2.05) is 19.2 Å². The van der Waals surface area contributed by atoms with Crippen LogP contribution in [-0.2, 0) is 16.0 Å². The molecule has 2 N–H and O–H groups in total. The minimum absolute atomic E-state index is 0. The molecule has 1 heterocycles. The fourth-order valence-corrected chi connectivity index (χ4v) is 2.72. The van der Waals surface area contributed by atoms with Gasteiger partial charge in [-0.05, 0) is 31.2 Å². The number of carbonyl (C=O) groups excluding carboxylic acids is 2. The lowest BCUT2D eigenvalue weighted by molar-refractivity contribution is -0.126. The van der Waals surface area contributed by atoms with Gasteiger partial charge in [-0.2, -0.15) is 0 Å². The molecule has 128 valence electrons. The number of amides is 2. The third kappa shape index (κ3) is 5.22. The Balaban J connectivity index is 0.00000264. The summed E-state index contributed by atoms with van der Waals surface area (Å²) in [5.41, 5.74) is 2.16. The Bertz CT molecular complexity index is 519. The van der Waals surface area contributed by atoms with Crippen molar-refractivity contribution in [2.45, 2.75) is 26.2 Å². The monoisotopic (exact) mass is 339 g/mol. The average molecular weight is 340 g/mol. The molecule has 0 bridgehead atoms. The van der Waals surface area contributed by atoms with Crippen LogP contribution < -0.4 is 15.5 Å². The van der Waals surface area contributed by atoms with Gasteiger partial charge in [-0.3, -0.25) is 9.59 Å². The topological polar surface area (TPSA) is 61.4 Å². The van der Waals surface area contributed by atoms with Crippen LogP contribution in [0.5, 0.6) is 0 Å². The first-order valence-corrected chi connectivity index (χ1v) is 7.97. The highest BCUT2D eigenvalue weighted by molar-refractivity contribution is 6.00. The molecule has 1 aromatic rings. The van der Waals surface area contributed by atoms with Gasteiger partial charge in [0.05, 0.1) is 5.92 Å². The van der Waals surface area contributed by atoms with Crippen molar-refractivity contribution in [1.82, 2.24) is 10.6 Å². The van der Waals surface area contributed by atoms with E-state index < -0.39 is 0 Å². The van der Waals surface area contributed by atoms with Gasteiger partial charge in [-0.1, -0.05) is 25.5 Å². The van der Waals surface area contributed by atoms with Crippen molar-refractivity contribution < 1.29 is 9.59 Å². The molecule has 1 aliphatic rings. The summed E-state index contributed by atoms with van der Waals surface area (Å²) in [5.74, 6) is -0.259. The van der Waals surface area contributed by atoms with Crippen LogP contribution in [0.1, 0.15) is 25.3 Å². The highest BCUT2D eigenvalue weighted by atomic mass is 35.5. The van der Waals surface area contributed by atoms with Gasteiger partial charge in [0.1, 0.15) is 0 Å². The van der Waals surface area contributed by atoms with Gasteiger partial charge in [-0.25, -0.2) is 0 Å². The van der Waals surface area contributed by atoms with E-state index in [2.05, 4.69) is 29.7 Å². The Morgan fingerprint density at radius 1 is 1.26 bits per heavy atom. The fraction of sp³-hybridized carbons (Fsp3) is 0.529. The highest BCUT2D eigenvalue weighted by Crippen LogP contribution is 2.25. The Labute approximate surface area is 144 Å². The zero-order valence-corrected chi connectivity index (χ0v) is 14.6. The zero-order chi connectivity index (χ0) is 15.9. The number of hydrogen-bond donors (Lipinski definition) is 2. The van der Waals surface area contributed by atoms with Crippen molar-refractivity contribution in [1.29, 1.82) is 0 Å². The second-order valence-electron chi connectivity index (χ2n) is 5.72. The second kappa shape index (κ2) is 9.53. The van der Waals surface area contributed by atoms with Gasteiger partial charge in [0.2, 0.25) is 11.8 Å². The van der Waals surface area contributed by atoms with Crippen LogP contribution in [0, 0.1) is 5.92 Å². The molecule has 23 heavy (non-hydrogen) atoms. The maximum absolute atomic E-state index is 12.2. The molecule has 0 spiro atoms. The predicted octanol–water partition coefficient (Wildman–Crippen LogP) is 1.75. The predicted molar refractivity (Wildman–Crippen MR) is 95.1 cm³/mol. The standard InChI is InChI=1S/C17H25N3O2.ClH/c1-3-4-13-5-7-15(8-6-13)20-12-14(11-16(20)21)17(22)19-10-9-18-2;/h5-8,14,18H,3-4,9-12H2,1-2H3,(H,19,22);1H. The summed E-state index contributed by atoms with van der Waals surface area (Å²) in [7, 11) is 1.84. The van der Waals surface area contributed by atoms with E-state index in [-0.39, 0.29) is 30.1 Å². The number of halogens is 1. The molecule has 2 rings (SSSR count). The SMILES string of the molecule is CCCc1ccc(N2CC(C(=O)NCCNC)CC2=O)cc1.Cl. The molecule has 0 saturated carbocycles. The number of rotatable bonds is 7. The van der Waals surface area contributed by atoms with Crippen LogP contribution in [0.4, 0.5) is 5.69 Å². The van der Waals surface area contributed by atoms with E-state index in [0.717, 1.165) is 25.1 Å². The fourth-order valence-electron chi connectivity index (χ4n) is 2.72. The van der Waals surface area contributed by atoms with Crippen LogP contribution in [0.15, 0.2) is 24.3 Å². The van der Waals surface area contributed by atoms with Crippen molar-refractivity contribution in [3.05, 3.63) is 29.8 Å². The maximum atomic E-state index is 12.2. The third-order valence-electron chi connectivity index (χ3n) is 3.96. The first-order chi connectivity index (χ1) is 10.7. The minimum Gasteiger partial charge on any atom is -0.355 e. The Morgan fingerprint density at radius 3 is 2.57 bits per heavy atom. The zero-order valence-electron chi connectivity index (χ0n) is 13.8. The molecule has 1 unspecified atom stereocenters. The van der Waals surface area contributed by atoms with E-state index in [4.69, 9.17) is 0 Å². The average Bonchev–Trinajstić information content (AvgIpc) is 2.91. The Kier molecular flexibility index (Phi) is 8.06. The number of likely N-dealkylation sites (N-methyl/N-ethyl adjacent to an activating group) is 1. The van der Waals surface area contributed by atoms with Crippen LogP contribution in [-0.4, -0.2) is 38.5 Å². The van der Waals surface area contributed by atoms with Crippen LogP contribution in [0.25, 0.3) is 0 Å². The molecular formula is C17H26ClN3O2. The molecule has 0 aliphatic carbocycles. The van der Waals surface area contributed by atoms with Crippen molar-refractivity contribution in [3.8, 4) is 0 Å². The quantitative estimate of drug-likeness (QED) is 0.744. The van der Waals surface area contributed by atoms with Crippen molar-refractivity contribution in [2.24, 2.45) is 5.92 Å². The molecule has 1 fully saturated rings. The molecule has 0 aromatic heterocycles. The van der Waals surface area contributed by atoms with Crippen molar-refractivity contribution in [2.75, 3.05) is 31.6 Å². The molecule has 0 radical (unpaired) electrons. The number of aryl methyl sites for hydroxylation is 1. The molecule has 1 aromatic carbocycles. The molecule has 5 nitrogen and oxygen atoms in total. The summed E-state index contributed by atoms with van der Waals surface area (Å²) in [6, 6.07) is 8.08. The van der Waals surface area contributed by atoms with Gasteiger partial charge in [0.15, 0.2) is 0 Å². The number of benzene rings is 1. The highest BCUT2D eigenvalue weighted by Gasteiger charge is 2.34. The first-order valence-electron chi connectivity index (χ1n) is 7.97. The van der Waals surface area contributed by atoms with E-state index in [1.165, 1.54) is 5.56 Å². The lowest BCUT2D eigenvalue weighted by Crippen LogP contribution is -2.36. The second-order valence-corrected chi connectivity index (χ2v) is 5.72. The summed E-state index contributed by atoms with van der Waals surface area (Å²) < 4.78 is 0. The maximum Gasteiger partial charge on any atom is 0.227 e. The van der Waals surface area contributed by atoms with Gasteiger partial charge >= 0.3 is 0 Å². The van der Waals surface area contributed by atoms with Gasteiger partial charge < -0.3 is 15.5 Å². The van der Waals surface area contributed by atoms with Crippen LogP contribution >= 0.6 is 12.4 Å². The number of carbonyl (C=O) groups is 2. The summed E-state index contributed by atoms with van der Waals surface area (Å²) in [6.07, 6.45) is 2.45. The lowest BCUT2D eigenvalue weighted by Gasteiger charge is -2.17. The molecular weight excluding hydrogens is 314 g/mol. The third-order valence-corrected chi connectivity index (χ3v) is 3.96. The van der Waals surface area contributed by atoms with E-state index in [9.17, 15) is 9.59 Å². The van der Waals surface area contributed by atoms with Crippen molar-refractivity contribution in [3.63, 3.8) is 0 Å². The minimum atomic E-state index is -0.250. The number of nitrogens with one attached hydrogen (secondary N) is 2. The normalized spacial score (nSPS) is 17.0. The van der Waals surface area contributed by atoms with Crippen molar-refractivity contribution >= 4 is 29.9 Å². The summed E-state index contributed by atoms with van der Waals surface area (Å²) in [6.45, 7) is 3.94. The Morgan fingerprint density at radius 2 is 1.96 bits per heavy atom.